The number of ether oxygens (including phenoxy) is 6. The van der Waals surface area contributed by atoms with Gasteiger partial charge in [0.2, 0.25) is 6.29 Å². The summed E-state index contributed by atoms with van der Waals surface area (Å²) in [7, 11) is 4.83. The number of benzene rings is 2. The predicted octanol–water partition coefficient (Wildman–Crippen LogP) is 9.33. The summed E-state index contributed by atoms with van der Waals surface area (Å²) in [5.74, 6) is 1.27. The molecule has 1 aromatic heterocycles. The number of methoxy groups -OCH3 is 2. The van der Waals surface area contributed by atoms with Gasteiger partial charge in [-0.15, -0.1) is 0 Å². The van der Waals surface area contributed by atoms with Gasteiger partial charge in [-0.2, -0.15) is 13.2 Å². The van der Waals surface area contributed by atoms with Crippen molar-refractivity contribution in [1.29, 1.82) is 0 Å². The van der Waals surface area contributed by atoms with E-state index in [0.717, 1.165) is 42.7 Å². The first-order valence-corrected chi connectivity index (χ1v) is 19.5. The molecule has 1 aliphatic rings. The molecule has 4 unspecified atom stereocenters. The Kier molecular flexibility index (Phi) is 21.3. The number of nitrogens with one attached hydrogen (secondary N) is 1. The lowest BCUT2D eigenvalue weighted by Crippen LogP contribution is -2.44. The van der Waals surface area contributed by atoms with Crippen LogP contribution < -0.4 is 15.8 Å². The van der Waals surface area contributed by atoms with Gasteiger partial charge in [-0.3, -0.25) is 4.79 Å². The standard InChI is InChI=1S/C16H22ClNO4.C13H15F3N2O2S.C10H22O/c1-3-10-4-12(17)5-11(8-19)16(10)22-15-7-13(18)6-14(21-15)9-20-2;1-17-12-18-11-8(7-20-4-3-19-2)5-9(13(14,15)16)6-10(11)21-12;1-6-9(4)11-10(5)7-8(2)3/h4-5,8,13-15H,3,6-7,9,18H2,1-2H3;5-6H,3-4,7H2,1-2H3,(H,17,18);8-10H,6-7H2,1-5H3/t13-,14?,15?;;/m0../s1. The van der Waals surface area contributed by atoms with Crippen LogP contribution in [-0.2, 0) is 42.9 Å². The number of halogens is 4. The molecule has 54 heavy (non-hydrogen) atoms. The van der Waals surface area contributed by atoms with Crippen LogP contribution in [0.2, 0.25) is 5.02 Å². The first kappa shape index (κ1) is 47.6. The van der Waals surface area contributed by atoms with Crippen molar-refractivity contribution in [2.24, 2.45) is 11.7 Å². The lowest BCUT2D eigenvalue weighted by Gasteiger charge is -2.34. The molecule has 0 amide bonds. The van der Waals surface area contributed by atoms with Crippen LogP contribution in [0.15, 0.2) is 24.3 Å². The van der Waals surface area contributed by atoms with Crippen LogP contribution in [0.5, 0.6) is 5.75 Å². The average molecular weight is 806 g/mol. The van der Waals surface area contributed by atoms with Crippen LogP contribution in [0.25, 0.3) is 10.2 Å². The summed E-state index contributed by atoms with van der Waals surface area (Å²) in [5.41, 5.74) is 7.63. The van der Waals surface area contributed by atoms with Crippen molar-refractivity contribution in [2.45, 2.75) is 117 Å². The zero-order chi connectivity index (χ0) is 40.4. The van der Waals surface area contributed by atoms with Crippen LogP contribution in [0.1, 0.15) is 94.3 Å². The predicted molar refractivity (Wildman–Crippen MR) is 210 cm³/mol. The Morgan fingerprint density at radius 2 is 1.78 bits per heavy atom. The van der Waals surface area contributed by atoms with E-state index in [1.807, 2.05) is 6.92 Å². The maximum atomic E-state index is 12.9. The minimum absolute atomic E-state index is 0.0176. The van der Waals surface area contributed by atoms with E-state index in [1.165, 1.54) is 24.9 Å². The molecule has 3 N–H and O–H groups in total. The number of hydrogen-bond donors (Lipinski definition) is 2. The molecule has 0 bridgehead atoms. The van der Waals surface area contributed by atoms with E-state index < -0.39 is 18.0 Å². The van der Waals surface area contributed by atoms with Gasteiger partial charge in [0.05, 0.1) is 66.1 Å². The number of carbonyl (C=O) groups is 1. The highest BCUT2D eigenvalue weighted by atomic mass is 35.5. The monoisotopic (exact) mass is 805 g/mol. The molecule has 1 saturated heterocycles. The molecule has 0 spiro atoms. The Labute approximate surface area is 327 Å². The fraction of sp³-hybridized carbons (Fsp3) is 0.641. The largest absolute Gasteiger partial charge is 0.464 e. The fourth-order valence-corrected chi connectivity index (χ4v) is 6.85. The van der Waals surface area contributed by atoms with E-state index >= 15 is 0 Å². The van der Waals surface area contributed by atoms with Gasteiger partial charge in [0.25, 0.3) is 0 Å². The number of alkyl halides is 3. The Balaban J connectivity index is 0.000000297. The van der Waals surface area contributed by atoms with E-state index in [4.69, 9.17) is 45.8 Å². The highest BCUT2D eigenvalue weighted by Gasteiger charge is 2.32. The summed E-state index contributed by atoms with van der Waals surface area (Å²) >= 11 is 7.21. The maximum Gasteiger partial charge on any atom is 0.416 e. The van der Waals surface area contributed by atoms with Crippen molar-refractivity contribution in [3.63, 3.8) is 0 Å². The van der Waals surface area contributed by atoms with Gasteiger partial charge in [-0.05, 0) is 75.3 Å². The number of rotatable bonds is 17. The molecule has 0 radical (unpaired) electrons. The van der Waals surface area contributed by atoms with E-state index in [-0.39, 0.29) is 18.8 Å². The molecule has 1 aliphatic heterocycles. The van der Waals surface area contributed by atoms with Gasteiger partial charge in [-0.1, -0.05) is 50.6 Å². The lowest BCUT2D eigenvalue weighted by atomic mass is 10.0. The Morgan fingerprint density at radius 1 is 1.06 bits per heavy atom. The number of aryl methyl sites for hydroxylation is 1. The van der Waals surface area contributed by atoms with E-state index in [9.17, 15) is 18.0 Å². The van der Waals surface area contributed by atoms with Crippen LogP contribution in [0, 0.1) is 5.92 Å². The zero-order valence-electron chi connectivity index (χ0n) is 33.0. The Hall–Kier alpha value is -2.56. The van der Waals surface area contributed by atoms with E-state index in [2.05, 4.69) is 44.9 Å². The smallest absolute Gasteiger partial charge is 0.416 e. The molecule has 4 rings (SSSR count). The molecule has 10 nitrogen and oxygen atoms in total. The summed E-state index contributed by atoms with van der Waals surface area (Å²) in [6.45, 7) is 14.1. The summed E-state index contributed by atoms with van der Waals surface area (Å²) in [6.07, 6.45) is 0.900. The third kappa shape index (κ3) is 16.3. The van der Waals surface area contributed by atoms with Crippen LogP contribution in [0.3, 0.4) is 0 Å². The minimum Gasteiger partial charge on any atom is -0.464 e. The minimum atomic E-state index is -4.39. The molecule has 306 valence electrons. The molecule has 2 heterocycles. The zero-order valence-corrected chi connectivity index (χ0v) is 34.6. The van der Waals surface area contributed by atoms with Crippen molar-refractivity contribution < 1.29 is 46.4 Å². The highest BCUT2D eigenvalue weighted by Crippen LogP contribution is 2.37. The number of fused-ring (bicyclic) bond motifs is 1. The second-order valence-corrected chi connectivity index (χ2v) is 15.0. The average Bonchev–Trinajstić information content (AvgIpc) is 3.54. The van der Waals surface area contributed by atoms with Gasteiger partial charge in [0, 0.05) is 44.3 Å². The third-order valence-electron chi connectivity index (χ3n) is 8.32. The molecule has 2 aromatic carbocycles. The first-order chi connectivity index (χ1) is 25.6. The van der Waals surface area contributed by atoms with Gasteiger partial charge in [0.1, 0.15) is 5.75 Å². The van der Waals surface area contributed by atoms with Crippen LogP contribution in [-0.4, -0.2) is 83.0 Å². The molecule has 15 heteroatoms. The highest BCUT2D eigenvalue weighted by molar-refractivity contribution is 7.22. The number of nitrogens with two attached hydrogens (primary N) is 1. The van der Waals surface area contributed by atoms with Gasteiger partial charge < -0.3 is 39.5 Å². The Bertz CT molecular complexity index is 1550. The topological polar surface area (TPSA) is 123 Å². The summed E-state index contributed by atoms with van der Waals surface area (Å²) in [4.78, 5) is 15.6. The van der Waals surface area contributed by atoms with Crippen molar-refractivity contribution in [1.82, 2.24) is 4.98 Å². The number of aromatic nitrogens is 1. The van der Waals surface area contributed by atoms with Crippen molar-refractivity contribution >= 4 is 44.6 Å². The van der Waals surface area contributed by atoms with Gasteiger partial charge in [-0.25, -0.2) is 4.98 Å². The van der Waals surface area contributed by atoms with Crippen LogP contribution in [0.4, 0.5) is 18.3 Å². The molecule has 3 aromatic rings. The number of nitrogens with zero attached hydrogens (tertiary/aromatic N) is 1. The van der Waals surface area contributed by atoms with Gasteiger partial charge in [0.15, 0.2) is 11.4 Å². The molecular weight excluding hydrogens is 747 g/mol. The first-order valence-electron chi connectivity index (χ1n) is 18.3. The number of aldehydes is 1. The fourth-order valence-electron chi connectivity index (χ4n) is 5.69. The molecule has 5 atom stereocenters. The van der Waals surface area contributed by atoms with Crippen molar-refractivity contribution in [3.8, 4) is 5.75 Å². The molecule has 0 aliphatic carbocycles. The van der Waals surface area contributed by atoms with E-state index in [1.54, 1.807) is 26.3 Å². The third-order valence-corrected chi connectivity index (χ3v) is 9.56. The second kappa shape index (κ2) is 24.2. The molecule has 1 fully saturated rings. The summed E-state index contributed by atoms with van der Waals surface area (Å²) < 4.78 is 72.1. The summed E-state index contributed by atoms with van der Waals surface area (Å²) in [5, 5.41) is 3.93. The normalized spacial score (nSPS) is 18.3. The van der Waals surface area contributed by atoms with Crippen molar-refractivity contribution in [3.05, 3.63) is 51.5 Å². The van der Waals surface area contributed by atoms with Crippen molar-refractivity contribution in [2.75, 3.05) is 46.4 Å². The number of hydrogen-bond acceptors (Lipinski definition) is 11. The van der Waals surface area contributed by atoms with Gasteiger partial charge >= 0.3 is 6.18 Å². The number of anilines is 1. The SMILES string of the molecule is CCC(C)OC(C)CC(C)C.CCc1cc(Cl)cc(C=O)c1OC1C[C@@H](N)CC(COC)O1.CNc1nc2c(COCCOC)cc(C(F)(F)F)cc2s1. The Morgan fingerprint density at radius 3 is 2.35 bits per heavy atom. The maximum absolute atomic E-state index is 12.9. The second-order valence-electron chi connectivity index (χ2n) is 13.5. The number of thiazole rings is 1. The summed E-state index contributed by atoms with van der Waals surface area (Å²) in [6, 6.07) is 5.59. The molecule has 0 saturated carbocycles. The van der Waals surface area contributed by atoms with Crippen LogP contribution >= 0.6 is 22.9 Å². The number of carbonyl (C=O) groups excluding carboxylic acids is 1. The molecular formula is C39H59ClF3N3O7S. The van der Waals surface area contributed by atoms with E-state index in [0.29, 0.717) is 82.1 Å². The quantitative estimate of drug-likeness (QED) is 0.101. The lowest BCUT2D eigenvalue weighted by molar-refractivity contribution is -0.165.